The largest absolute Gasteiger partial charge is 0.466 e. The first-order valence-corrected chi connectivity index (χ1v) is 5.81. The van der Waals surface area contributed by atoms with Gasteiger partial charge in [-0.1, -0.05) is 12.1 Å². The number of rotatable bonds is 6. The van der Waals surface area contributed by atoms with Crippen LogP contribution >= 0.6 is 0 Å². The Morgan fingerprint density at radius 1 is 1.47 bits per heavy atom. The summed E-state index contributed by atoms with van der Waals surface area (Å²) in [6.07, 6.45) is 1.88. The lowest BCUT2D eigenvalue weighted by molar-refractivity contribution is -0.143. The number of hydrogen-bond donors (Lipinski definition) is 2. The van der Waals surface area contributed by atoms with Crippen molar-refractivity contribution in [3.8, 4) is 0 Å². The Bertz CT molecular complexity index is 377. The summed E-state index contributed by atoms with van der Waals surface area (Å²) in [6.45, 7) is 2.21. The van der Waals surface area contributed by atoms with Crippen molar-refractivity contribution < 1.29 is 14.6 Å². The third-order valence-electron chi connectivity index (χ3n) is 2.53. The van der Waals surface area contributed by atoms with Gasteiger partial charge in [0.2, 0.25) is 0 Å². The zero-order valence-corrected chi connectivity index (χ0v) is 10.1. The highest BCUT2D eigenvalue weighted by molar-refractivity contribution is 5.69. The fourth-order valence-electron chi connectivity index (χ4n) is 1.63. The average molecular weight is 237 g/mol. The van der Waals surface area contributed by atoms with E-state index in [1.807, 2.05) is 12.1 Å². The van der Waals surface area contributed by atoms with Gasteiger partial charge in [0, 0.05) is 12.1 Å². The van der Waals surface area contributed by atoms with Crippen LogP contribution in [0.3, 0.4) is 0 Å². The van der Waals surface area contributed by atoms with Crippen molar-refractivity contribution in [2.24, 2.45) is 0 Å². The molecule has 0 atom stereocenters. The number of aryl methyl sites for hydroxylation is 1. The van der Waals surface area contributed by atoms with Gasteiger partial charge in [0.1, 0.15) is 0 Å². The molecule has 4 heteroatoms. The topological polar surface area (TPSA) is 72.5 Å². The normalized spacial score (nSPS) is 10.2. The maximum atomic E-state index is 11.1. The third-order valence-corrected chi connectivity index (χ3v) is 2.53. The van der Waals surface area contributed by atoms with E-state index in [1.54, 1.807) is 13.0 Å². The van der Waals surface area contributed by atoms with Crippen molar-refractivity contribution in [3.05, 3.63) is 29.3 Å². The molecule has 0 unspecified atom stereocenters. The number of carbonyl (C=O) groups is 1. The second-order valence-electron chi connectivity index (χ2n) is 3.85. The summed E-state index contributed by atoms with van der Waals surface area (Å²) >= 11 is 0. The predicted molar refractivity (Wildman–Crippen MR) is 66.3 cm³/mol. The summed E-state index contributed by atoms with van der Waals surface area (Å²) in [5, 5.41) is 8.94. The van der Waals surface area contributed by atoms with Gasteiger partial charge in [0.15, 0.2) is 0 Å². The molecule has 0 bridgehead atoms. The Morgan fingerprint density at radius 2 is 2.24 bits per heavy atom. The van der Waals surface area contributed by atoms with Crippen LogP contribution in [-0.2, 0) is 22.6 Å². The molecule has 0 aliphatic rings. The number of ether oxygens (including phenoxy) is 1. The Kier molecular flexibility index (Phi) is 5.49. The van der Waals surface area contributed by atoms with Gasteiger partial charge in [-0.05, 0) is 37.0 Å². The zero-order valence-electron chi connectivity index (χ0n) is 10.1. The molecular formula is C13H19NO3. The molecule has 0 aliphatic heterocycles. The lowest BCUT2D eigenvalue weighted by Crippen LogP contribution is -2.04. The van der Waals surface area contributed by atoms with Crippen molar-refractivity contribution in [1.29, 1.82) is 0 Å². The van der Waals surface area contributed by atoms with Crippen LogP contribution in [0.1, 0.15) is 30.9 Å². The van der Waals surface area contributed by atoms with Crippen LogP contribution in [0.15, 0.2) is 18.2 Å². The van der Waals surface area contributed by atoms with Crippen molar-refractivity contribution in [2.45, 2.75) is 32.8 Å². The van der Waals surface area contributed by atoms with Gasteiger partial charge in [-0.2, -0.15) is 0 Å². The van der Waals surface area contributed by atoms with E-state index in [0.717, 1.165) is 24.0 Å². The van der Waals surface area contributed by atoms with E-state index in [2.05, 4.69) is 0 Å². The van der Waals surface area contributed by atoms with Crippen LogP contribution in [0, 0.1) is 0 Å². The van der Waals surface area contributed by atoms with Gasteiger partial charge in [-0.15, -0.1) is 0 Å². The summed E-state index contributed by atoms with van der Waals surface area (Å²) in [4.78, 5) is 11.1. The van der Waals surface area contributed by atoms with E-state index in [-0.39, 0.29) is 12.6 Å². The standard InChI is InChI=1S/C13H19NO3/c1-2-17-13(16)5-3-4-11-7-6-10(9-15)8-12(11)14/h6-8,15H,2-5,9,14H2,1H3. The number of anilines is 1. The summed E-state index contributed by atoms with van der Waals surface area (Å²) in [6, 6.07) is 5.50. The molecule has 94 valence electrons. The Balaban J connectivity index is 2.44. The maximum absolute atomic E-state index is 11.1. The predicted octanol–water partition coefficient (Wildman–Crippen LogP) is 1.65. The number of nitrogens with two attached hydrogens (primary N) is 1. The van der Waals surface area contributed by atoms with E-state index in [4.69, 9.17) is 15.6 Å². The van der Waals surface area contributed by atoms with Crippen LogP contribution in [0.4, 0.5) is 5.69 Å². The number of benzene rings is 1. The fourth-order valence-corrected chi connectivity index (χ4v) is 1.63. The Morgan fingerprint density at radius 3 is 2.82 bits per heavy atom. The molecule has 0 radical (unpaired) electrons. The van der Waals surface area contributed by atoms with Crippen molar-refractivity contribution >= 4 is 11.7 Å². The highest BCUT2D eigenvalue weighted by Gasteiger charge is 2.04. The summed E-state index contributed by atoms with van der Waals surface area (Å²) < 4.78 is 4.84. The highest BCUT2D eigenvalue weighted by atomic mass is 16.5. The second kappa shape index (κ2) is 6.91. The fraction of sp³-hybridized carbons (Fsp3) is 0.462. The van der Waals surface area contributed by atoms with E-state index >= 15 is 0 Å². The van der Waals surface area contributed by atoms with E-state index in [1.165, 1.54) is 0 Å². The molecule has 0 saturated heterocycles. The number of nitrogen functional groups attached to an aromatic ring is 1. The first-order chi connectivity index (χ1) is 8.17. The summed E-state index contributed by atoms with van der Waals surface area (Å²) in [5.41, 5.74) is 8.32. The number of aliphatic hydroxyl groups excluding tert-OH is 1. The van der Waals surface area contributed by atoms with Crippen molar-refractivity contribution in [2.75, 3.05) is 12.3 Å². The lowest BCUT2D eigenvalue weighted by atomic mass is 10.0. The SMILES string of the molecule is CCOC(=O)CCCc1ccc(CO)cc1N. The van der Waals surface area contributed by atoms with E-state index < -0.39 is 0 Å². The van der Waals surface area contributed by atoms with E-state index in [0.29, 0.717) is 18.7 Å². The number of carbonyl (C=O) groups excluding carboxylic acids is 1. The third kappa shape index (κ3) is 4.44. The Labute approximate surface area is 101 Å². The van der Waals surface area contributed by atoms with Crippen molar-refractivity contribution in [3.63, 3.8) is 0 Å². The van der Waals surface area contributed by atoms with Gasteiger partial charge in [-0.3, -0.25) is 4.79 Å². The summed E-state index contributed by atoms with van der Waals surface area (Å²) in [5.74, 6) is -0.168. The molecule has 4 nitrogen and oxygen atoms in total. The van der Waals surface area contributed by atoms with Gasteiger partial charge >= 0.3 is 5.97 Å². The van der Waals surface area contributed by atoms with Gasteiger partial charge < -0.3 is 15.6 Å². The van der Waals surface area contributed by atoms with Gasteiger partial charge in [0.25, 0.3) is 0 Å². The molecule has 1 rings (SSSR count). The van der Waals surface area contributed by atoms with Gasteiger partial charge in [0.05, 0.1) is 13.2 Å². The minimum Gasteiger partial charge on any atom is -0.466 e. The minimum atomic E-state index is -0.168. The highest BCUT2D eigenvalue weighted by Crippen LogP contribution is 2.17. The maximum Gasteiger partial charge on any atom is 0.305 e. The molecule has 17 heavy (non-hydrogen) atoms. The van der Waals surface area contributed by atoms with Crippen LogP contribution in [-0.4, -0.2) is 17.7 Å². The minimum absolute atomic E-state index is 0.00664. The monoisotopic (exact) mass is 237 g/mol. The average Bonchev–Trinajstić information content (AvgIpc) is 2.31. The van der Waals surface area contributed by atoms with Crippen LogP contribution in [0.25, 0.3) is 0 Å². The van der Waals surface area contributed by atoms with Crippen LogP contribution in [0.2, 0.25) is 0 Å². The molecule has 0 amide bonds. The molecule has 0 aromatic heterocycles. The quantitative estimate of drug-likeness (QED) is 0.583. The molecule has 1 aromatic rings. The van der Waals surface area contributed by atoms with Crippen LogP contribution < -0.4 is 5.73 Å². The van der Waals surface area contributed by atoms with Crippen molar-refractivity contribution in [1.82, 2.24) is 0 Å². The van der Waals surface area contributed by atoms with Gasteiger partial charge in [-0.25, -0.2) is 0 Å². The molecule has 0 spiro atoms. The molecule has 3 N–H and O–H groups in total. The number of esters is 1. The first kappa shape index (κ1) is 13.5. The lowest BCUT2D eigenvalue weighted by Gasteiger charge is -2.07. The second-order valence-corrected chi connectivity index (χ2v) is 3.85. The van der Waals surface area contributed by atoms with Crippen LogP contribution in [0.5, 0.6) is 0 Å². The smallest absolute Gasteiger partial charge is 0.305 e. The molecule has 0 aliphatic carbocycles. The molecule has 1 aromatic carbocycles. The number of aliphatic hydroxyl groups is 1. The molecule has 0 heterocycles. The number of hydrogen-bond acceptors (Lipinski definition) is 4. The molecule has 0 fully saturated rings. The summed E-state index contributed by atoms with van der Waals surface area (Å²) in [7, 11) is 0. The molecular weight excluding hydrogens is 218 g/mol. The Hall–Kier alpha value is -1.55. The zero-order chi connectivity index (χ0) is 12.7. The first-order valence-electron chi connectivity index (χ1n) is 5.81. The van der Waals surface area contributed by atoms with E-state index in [9.17, 15) is 4.79 Å². The molecule has 0 saturated carbocycles.